The highest BCUT2D eigenvalue weighted by atomic mass is 32.2. The normalized spacial score (nSPS) is 23.9. The van der Waals surface area contributed by atoms with Crippen LogP contribution in [0.4, 0.5) is 0 Å². The molecule has 0 aromatic heterocycles. The molecule has 0 aliphatic carbocycles. The first-order valence-corrected chi connectivity index (χ1v) is 11.4. The van der Waals surface area contributed by atoms with Crippen LogP contribution in [0, 0.1) is 12.3 Å². The molecule has 0 radical (unpaired) electrons. The minimum atomic E-state index is -3.61. The van der Waals surface area contributed by atoms with Crippen LogP contribution < -0.4 is 0 Å². The number of hydrogen-bond acceptors (Lipinski definition) is 4. The molecule has 2 aliphatic rings. The maximum atomic E-state index is 13.4. The van der Waals surface area contributed by atoms with Crippen LogP contribution in [0.3, 0.4) is 0 Å². The van der Waals surface area contributed by atoms with Crippen LogP contribution in [0.25, 0.3) is 5.57 Å². The SMILES string of the molecule is Cc1ccc(S(=O)(=O)N2CC(c3ccccc3)=C[C@](C)(CC3OCCO3)C2)cc1. The summed E-state index contributed by atoms with van der Waals surface area (Å²) >= 11 is 0. The summed E-state index contributed by atoms with van der Waals surface area (Å²) in [5, 5.41) is 0. The maximum Gasteiger partial charge on any atom is 0.243 e. The Bertz CT molecular complexity index is 979. The van der Waals surface area contributed by atoms with Gasteiger partial charge in [0.1, 0.15) is 0 Å². The lowest BCUT2D eigenvalue weighted by Crippen LogP contribution is -2.44. The van der Waals surface area contributed by atoms with Crippen molar-refractivity contribution < 1.29 is 17.9 Å². The molecule has 2 aromatic carbocycles. The molecule has 29 heavy (non-hydrogen) atoms. The second-order valence-corrected chi connectivity index (χ2v) is 10.1. The zero-order valence-electron chi connectivity index (χ0n) is 16.9. The Kier molecular flexibility index (Phi) is 5.62. The number of benzene rings is 2. The summed E-state index contributed by atoms with van der Waals surface area (Å²) in [5.41, 5.74) is 2.69. The molecule has 2 aliphatic heterocycles. The van der Waals surface area contributed by atoms with E-state index in [0.717, 1.165) is 16.7 Å². The topological polar surface area (TPSA) is 55.8 Å². The van der Waals surface area contributed by atoms with E-state index in [9.17, 15) is 8.42 Å². The Balaban J connectivity index is 1.70. The lowest BCUT2D eigenvalue weighted by atomic mass is 9.80. The molecule has 0 unspecified atom stereocenters. The van der Waals surface area contributed by atoms with Crippen molar-refractivity contribution in [2.24, 2.45) is 5.41 Å². The zero-order chi connectivity index (χ0) is 20.5. The maximum absolute atomic E-state index is 13.4. The van der Waals surface area contributed by atoms with Gasteiger partial charge in [-0.1, -0.05) is 61.0 Å². The molecule has 0 bridgehead atoms. The fourth-order valence-electron chi connectivity index (χ4n) is 4.05. The van der Waals surface area contributed by atoms with Gasteiger partial charge < -0.3 is 9.47 Å². The van der Waals surface area contributed by atoms with Crippen LogP contribution >= 0.6 is 0 Å². The van der Waals surface area contributed by atoms with E-state index in [4.69, 9.17) is 9.47 Å². The average molecular weight is 414 g/mol. The van der Waals surface area contributed by atoms with Crippen molar-refractivity contribution >= 4 is 15.6 Å². The Morgan fingerprint density at radius 1 is 1.03 bits per heavy atom. The molecule has 1 atom stereocenters. The fraction of sp³-hybridized carbons (Fsp3) is 0.391. The summed E-state index contributed by atoms with van der Waals surface area (Å²) in [5.74, 6) is 0. The number of nitrogens with zero attached hydrogens (tertiary/aromatic N) is 1. The predicted molar refractivity (Wildman–Crippen MR) is 113 cm³/mol. The summed E-state index contributed by atoms with van der Waals surface area (Å²) in [6.45, 7) is 5.94. The Morgan fingerprint density at radius 2 is 1.69 bits per heavy atom. The van der Waals surface area contributed by atoms with Crippen LogP contribution in [0.15, 0.2) is 65.6 Å². The van der Waals surface area contributed by atoms with Gasteiger partial charge in [0.2, 0.25) is 10.0 Å². The van der Waals surface area contributed by atoms with Gasteiger partial charge in [-0.05, 0) is 30.2 Å². The molecule has 4 rings (SSSR count). The molecule has 2 aromatic rings. The first kappa shape index (κ1) is 20.3. The average Bonchev–Trinajstić information content (AvgIpc) is 3.21. The highest BCUT2D eigenvalue weighted by Crippen LogP contribution is 2.38. The molecule has 2 heterocycles. The molecule has 6 heteroatoms. The molecule has 5 nitrogen and oxygen atoms in total. The monoisotopic (exact) mass is 413 g/mol. The number of rotatable bonds is 5. The van der Waals surface area contributed by atoms with Gasteiger partial charge in [-0.25, -0.2) is 8.42 Å². The van der Waals surface area contributed by atoms with E-state index < -0.39 is 15.4 Å². The van der Waals surface area contributed by atoms with Crippen LogP contribution in [-0.2, 0) is 19.5 Å². The standard InChI is InChI=1S/C23H27NO4S/c1-18-8-10-21(11-9-18)29(25,26)24-16-20(19-6-4-3-5-7-19)14-23(2,17-24)15-22-27-12-13-28-22/h3-11,14,22H,12-13,15-17H2,1-2H3/t23-/m1/s1. The van der Waals surface area contributed by atoms with Gasteiger partial charge in [0.05, 0.1) is 18.1 Å². The van der Waals surface area contributed by atoms with Crippen molar-refractivity contribution in [3.05, 3.63) is 71.8 Å². The van der Waals surface area contributed by atoms with E-state index in [-0.39, 0.29) is 6.29 Å². The van der Waals surface area contributed by atoms with Gasteiger partial charge in [-0.15, -0.1) is 0 Å². The van der Waals surface area contributed by atoms with Crippen molar-refractivity contribution in [1.29, 1.82) is 0 Å². The number of sulfonamides is 1. The van der Waals surface area contributed by atoms with E-state index >= 15 is 0 Å². The summed E-state index contributed by atoms with van der Waals surface area (Å²) in [4.78, 5) is 0.327. The van der Waals surface area contributed by atoms with Crippen molar-refractivity contribution in [3.63, 3.8) is 0 Å². The van der Waals surface area contributed by atoms with Gasteiger partial charge in [0, 0.05) is 24.9 Å². The van der Waals surface area contributed by atoms with Crippen molar-refractivity contribution in [2.45, 2.75) is 31.5 Å². The van der Waals surface area contributed by atoms with Gasteiger partial charge in [0.15, 0.2) is 6.29 Å². The molecule has 0 N–H and O–H groups in total. The fourth-order valence-corrected chi connectivity index (χ4v) is 5.60. The van der Waals surface area contributed by atoms with E-state index in [1.54, 1.807) is 16.4 Å². The third-order valence-corrected chi connectivity index (χ3v) is 7.34. The van der Waals surface area contributed by atoms with Crippen LogP contribution in [0.2, 0.25) is 0 Å². The highest BCUT2D eigenvalue weighted by Gasteiger charge is 2.39. The minimum Gasteiger partial charge on any atom is -0.350 e. The second-order valence-electron chi connectivity index (χ2n) is 8.15. The molecular weight excluding hydrogens is 386 g/mol. The Morgan fingerprint density at radius 3 is 2.34 bits per heavy atom. The van der Waals surface area contributed by atoms with Gasteiger partial charge >= 0.3 is 0 Å². The predicted octanol–water partition coefficient (Wildman–Crippen LogP) is 3.85. The van der Waals surface area contributed by atoms with Crippen LogP contribution in [-0.4, -0.2) is 45.3 Å². The van der Waals surface area contributed by atoms with E-state index in [0.29, 0.717) is 37.6 Å². The largest absolute Gasteiger partial charge is 0.350 e. The smallest absolute Gasteiger partial charge is 0.243 e. The van der Waals surface area contributed by atoms with E-state index in [2.05, 4.69) is 13.0 Å². The van der Waals surface area contributed by atoms with Crippen molar-refractivity contribution in [1.82, 2.24) is 4.31 Å². The van der Waals surface area contributed by atoms with E-state index in [1.807, 2.05) is 49.4 Å². The molecule has 1 saturated heterocycles. The van der Waals surface area contributed by atoms with Gasteiger partial charge in [-0.3, -0.25) is 0 Å². The zero-order valence-corrected chi connectivity index (χ0v) is 17.7. The Hall–Kier alpha value is -1.99. The molecule has 154 valence electrons. The van der Waals surface area contributed by atoms with Crippen molar-refractivity contribution in [2.75, 3.05) is 26.3 Å². The Labute approximate surface area is 173 Å². The first-order chi connectivity index (χ1) is 13.9. The number of hydrogen-bond donors (Lipinski definition) is 0. The quantitative estimate of drug-likeness (QED) is 0.747. The highest BCUT2D eigenvalue weighted by molar-refractivity contribution is 7.89. The summed E-state index contributed by atoms with van der Waals surface area (Å²) in [7, 11) is -3.61. The van der Waals surface area contributed by atoms with Crippen LogP contribution in [0.1, 0.15) is 24.5 Å². The molecule has 0 amide bonds. The molecular formula is C23H27NO4S. The molecule has 0 saturated carbocycles. The summed E-state index contributed by atoms with van der Waals surface area (Å²) < 4.78 is 39.8. The molecule has 1 fully saturated rings. The third kappa shape index (κ3) is 4.46. The second kappa shape index (κ2) is 8.03. The minimum absolute atomic E-state index is 0.296. The summed E-state index contributed by atoms with van der Waals surface area (Å²) in [6, 6.07) is 17.0. The number of aryl methyl sites for hydroxylation is 1. The van der Waals surface area contributed by atoms with Crippen LogP contribution in [0.5, 0.6) is 0 Å². The lowest BCUT2D eigenvalue weighted by molar-refractivity contribution is -0.0658. The number of ether oxygens (including phenoxy) is 2. The first-order valence-electron chi connectivity index (χ1n) is 9.93. The molecule has 0 spiro atoms. The van der Waals surface area contributed by atoms with Crippen molar-refractivity contribution in [3.8, 4) is 0 Å². The summed E-state index contributed by atoms with van der Waals surface area (Å²) in [6.07, 6.45) is 2.52. The van der Waals surface area contributed by atoms with Gasteiger partial charge in [-0.2, -0.15) is 4.31 Å². The van der Waals surface area contributed by atoms with E-state index in [1.165, 1.54) is 0 Å². The van der Waals surface area contributed by atoms with Gasteiger partial charge in [0.25, 0.3) is 0 Å². The third-order valence-electron chi connectivity index (χ3n) is 5.53. The lowest BCUT2D eigenvalue weighted by Gasteiger charge is -2.39.